The molecule has 0 aliphatic carbocycles. The highest BCUT2D eigenvalue weighted by Crippen LogP contribution is 2.20. The summed E-state index contributed by atoms with van der Waals surface area (Å²) < 4.78 is 13.7. The molecule has 2 N–H and O–H groups in total. The second-order valence-electron chi connectivity index (χ2n) is 5.06. The van der Waals surface area contributed by atoms with Crippen LogP contribution in [0.5, 0.6) is 0 Å². The third-order valence-electron chi connectivity index (χ3n) is 2.92. The predicted octanol–water partition coefficient (Wildman–Crippen LogP) is 3.94. The number of halogens is 2. The summed E-state index contributed by atoms with van der Waals surface area (Å²) in [5.74, 6) is 0.628. The van der Waals surface area contributed by atoms with Gasteiger partial charge in [-0.1, -0.05) is 30.3 Å². The number of hydrogen-bond acceptors (Lipinski definition) is 5. The molecule has 2 rings (SSSR count). The minimum atomic E-state index is -0.604. The molecule has 0 saturated carbocycles. The molecule has 0 aliphatic heterocycles. The molecule has 1 heterocycles. The van der Waals surface area contributed by atoms with E-state index < -0.39 is 11.7 Å². The van der Waals surface area contributed by atoms with E-state index in [4.69, 9.17) is 11.6 Å². The molecular weight excluding hydrogens is 385 g/mol. The second kappa shape index (κ2) is 9.84. The van der Waals surface area contributed by atoms with E-state index in [1.165, 1.54) is 18.2 Å². The zero-order valence-corrected chi connectivity index (χ0v) is 15.9. The van der Waals surface area contributed by atoms with E-state index in [1.54, 1.807) is 11.8 Å². The Balaban J connectivity index is 1.93. The van der Waals surface area contributed by atoms with E-state index in [2.05, 4.69) is 22.2 Å². The maximum atomic E-state index is 13.7. The summed E-state index contributed by atoms with van der Waals surface area (Å²) >= 11 is 8.45. The van der Waals surface area contributed by atoms with Crippen molar-refractivity contribution in [2.24, 2.45) is 0 Å². The van der Waals surface area contributed by atoms with Crippen LogP contribution in [0.15, 0.2) is 34.2 Å². The lowest BCUT2D eigenvalue weighted by molar-refractivity contribution is -0.113. The minimum Gasteiger partial charge on any atom is -0.323 e. The predicted molar refractivity (Wildman–Crippen MR) is 102 cm³/mol. The van der Waals surface area contributed by atoms with Crippen LogP contribution in [0.4, 0.5) is 10.1 Å². The fraction of sp³-hybridized carbons (Fsp3) is 0.312. The summed E-state index contributed by atoms with van der Waals surface area (Å²) in [7, 11) is 0. The Morgan fingerprint density at radius 3 is 2.92 bits per heavy atom. The molecule has 0 atom stereocenters. The van der Waals surface area contributed by atoms with E-state index in [0.717, 1.165) is 30.0 Å². The number of H-pyrrole nitrogens is 1. The number of amides is 1. The highest BCUT2D eigenvalue weighted by atomic mass is 35.5. The number of aromatic nitrogens is 2. The first-order chi connectivity index (χ1) is 12.0. The van der Waals surface area contributed by atoms with Crippen molar-refractivity contribution in [1.82, 2.24) is 9.97 Å². The molecule has 1 aromatic carbocycles. The number of benzene rings is 1. The number of nitrogens with one attached hydrogen (secondary N) is 2. The number of aromatic amines is 1. The molecule has 2 aromatic rings. The molecular formula is C16H17ClFN3O2S2. The largest absolute Gasteiger partial charge is 0.323 e. The Morgan fingerprint density at radius 2 is 2.20 bits per heavy atom. The van der Waals surface area contributed by atoms with Crippen LogP contribution in [0.3, 0.4) is 0 Å². The van der Waals surface area contributed by atoms with Gasteiger partial charge in [0.15, 0.2) is 5.16 Å². The van der Waals surface area contributed by atoms with Crippen molar-refractivity contribution in [1.29, 1.82) is 0 Å². The Hall–Kier alpha value is -1.51. The number of carbonyl (C=O) groups excluding carboxylic acids is 1. The maximum absolute atomic E-state index is 13.7. The summed E-state index contributed by atoms with van der Waals surface area (Å²) in [5.41, 5.74) is 0.476. The maximum Gasteiger partial charge on any atom is 0.251 e. The molecule has 0 unspecified atom stereocenters. The van der Waals surface area contributed by atoms with Gasteiger partial charge in [0.25, 0.3) is 5.56 Å². The second-order valence-corrected chi connectivity index (χ2v) is 7.56. The van der Waals surface area contributed by atoms with Crippen LogP contribution in [0, 0.1) is 5.82 Å². The third-order valence-corrected chi connectivity index (χ3v) is 5.22. The van der Waals surface area contributed by atoms with Crippen molar-refractivity contribution in [3.8, 4) is 0 Å². The van der Waals surface area contributed by atoms with Crippen molar-refractivity contribution in [3.63, 3.8) is 0 Å². The number of thioether (sulfide) groups is 2. The molecule has 0 aliphatic rings. The third kappa shape index (κ3) is 6.72. The zero-order valence-electron chi connectivity index (χ0n) is 13.5. The Morgan fingerprint density at radius 1 is 1.40 bits per heavy atom. The van der Waals surface area contributed by atoms with Crippen LogP contribution in [0.1, 0.15) is 19.0 Å². The first-order valence-electron chi connectivity index (χ1n) is 7.53. The van der Waals surface area contributed by atoms with Crippen LogP contribution in [-0.4, -0.2) is 27.4 Å². The first-order valence-corrected chi connectivity index (χ1v) is 10.1. The summed E-state index contributed by atoms with van der Waals surface area (Å²) in [6.45, 7) is 2.08. The summed E-state index contributed by atoms with van der Waals surface area (Å²) in [6, 6.07) is 5.46. The normalized spacial score (nSPS) is 10.7. The summed E-state index contributed by atoms with van der Waals surface area (Å²) in [6.07, 6.45) is 1.05. The molecule has 25 heavy (non-hydrogen) atoms. The van der Waals surface area contributed by atoms with Crippen LogP contribution in [-0.2, 0) is 10.5 Å². The average Bonchev–Trinajstić information content (AvgIpc) is 2.55. The zero-order chi connectivity index (χ0) is 18.2. The molecule has 5 nitrogen and oxygen atoms in total. The minimum absolute atomic E-state index is 0.00341. The highest BCUT2D eigenvalue weighted by molar-refractivity contribution is 7.99. The van der Waals surface area contributed by atoms with Gasteiger partial charge in [0.05, 0.1) is 17.1 Å². The standard InChI is InChI=1S/C16H17ClFN3O2S2/c1-2-5-24-8-11-7-14(22)21-16(19-11)25-9-15(23)20-13-4-3-10(17)6-12(13)18/h3-4,6-7H,2,5,8-9H2,1H3,(H,20,23)(H,19,21,22). The number of rotatable bonds is 8. The van der Waals surface area contributed by atoms with Crippen LogP contribution in [0.2, 0.25) is 5.02 Å². The lowest BCUT2D eigenvalue weighted by Crippen LogP contribution is -2.16. The quantitative estimate of drug-likeness (QED) is 0.398. The van der Waals surface area contributed by atoms with Gasteiger partial charge in [-0.2, -0.15) is 11.8 Å². The van der Waals surface area contributed by atoms with E-state index in [0.29, 0.717) is 16.6 Å². The summed E-state index contributed by atoms with van der Waals surface area (Å²) in [4.78, 5) is 30.5. The molecule has 1 aromatic heterocycles. The Labute approximate surface area is 158 Å². The van der Waals surface area contributed by atoms with Gasteiger partial charge >= 0.3 is 0 Å². The topological polar surface area (TPSA) is 74.8 Å². The molecule has 134 valence electrons. The lowest BCUT2D eigenvalue weighted by Gasteiger charge is -2.07. The van der Waals surface area contributed by atoms with Crippen molar-refractivity contribution in [2.75, 3.05) is 16.8 Å². The first kappa shape index (κ1) is 19.8. The molecule has 0 bridgehead atoms. The highest BCUT2D eigenvalue weighted by Gasteiger charge is 2.10. The van der Waals surface area contributed by atoms with Crippen molar-refractivity contribution in [3.05, 3.63) is 51.2 Å². The molecule has 9 heteroatoms. The molecule has 0 fully saturated rings. The average molecular weight is 402 g/mol. The van der Waals surface area contributed by atoms with Gasteiger partial charge in [0.1, 0.15) is 5.82 Å². The molecule has 1 amide bonds. The fourth-order valence-electron chi connectivity index (χ4n) is 1.86. The number of hydrogen-bond donors (Lipinski definition) is 2. The van der Waals surface area contributed by atoms with Crippen LogP contribution >= 0.6 is 35.1 Å². The number of nitrogens with zero attached hydrogens (tertiary/aromatic N) is 1. The van der Waals surface area contributed by atoms with E-state index >= 15 is 0 Å². The number of carbonyl (C=O) groups is 1. The SMILES string of the molecule is CCCSCc1cc(=O)[nH]c(SCC(=O)Nc2ccc(Cl)cc2F)n1. The Kier molecular flexibility index (Phi) is 7.80. The van der Waals surface area contributed by atoms with E-state index in [9.17, 15) is 14.0 Å². The van der Waals surface area contributed by atoms with E-state index in [1.807, 2.05) is 0 Å². The molecule has 0 spiro atoms. The summed E-state index contributed by atoms with van der Waals surface area (Å²) in [5, 5.41) is 3.08. The van der Waals surface area contributed by atoms with Gasteiger partial charge in [0.2, 0.25) is 5.91 Å². The van der Waals surface area contributed by atoms with Crippen molar-refractivity contribution >= 4 is 46.7 Å². The van der Waals surface area contributed by atoms with Gasteiger partial charge in [-0.15, -0.1) is 0 Å². The van der Waals surface area contributed by atoms with Gasteiger partial charge in [0, 0.05) is 16.8 Å². The molecule has 0 saturated heterocycles. The molecule has 0 radical (unpaired) electrons. The van der Waals surface area contributed by atoms with Gasteiger partial charge in [-0.25, -0.2) is 9.37 Å². The number of anilines is 1. The van der Waals surface area contributed by atoms with Crippen molar-refractivity contribution < 1.29 is 9.18 Å². The van der Waals surface area contributed by atoms with E-state index in [-0.39, 0.29) is 22.0 Å². The van der Waals surface area contributed by atoms with Gasteiger partial charge < -0.3 is 10.3 Å². The fourth-order valence-corrected chi connectivity index (χ4v) is 3.50. The van der Waals surface area contributed by atoms with Crippen LogP contribution in [0.25, 0.3) is 0 Å². The van der Waals surface area contributed by atoms with Crippen molar-refractivity contribution in [2.45, 2.75) is 24.3 Å². The smallest absolute Gasteiger partial charge is 0.251 e. The van der Waals surface area contributed by atoms with Gasteiger partial charge in [-0.05, 0) is 30.4 Å². The van der Waals surface area contributed by atoms with Crippen LogP contribution < -0.4 is 10.9 Å². The monoisotopic (exact) mass is 401 g/mol. The Bertz CT molecular complexity index is 801. The lowest BCUT2D eigenvalue weighted by atomic mass is 10.3. The van der Waals surface area contributed by atoms with Gasteiger partial charge in [-0.3, -0.25) is 9.59 Å².